The third-order valence-electron chi connectivity index (χ3n) is 4.92. The van der Waals surface area contributed by atoms with Crippen LogP contribution in [0.25, 0.3) is 43.5 Å². The molecule has 5 nitrogen and oxygen atoms in total. The van der Waals surface area contributed by atoms with E-state index < -0.39 is 0 Å². The van der Waals surface area contributed by atoms with E-state index in [2.05, 4.69) is 37.5 Å². The van der Waals surface area contributed by atoms with Crippen LogP contribution in [0.5, 0.6) is 0 Å². The minimum absolute atomic E-state index is 0.663. The van der Waals surface area contributed by atoms with Gasteiger partial charge in [-0.25, -0.2) is 9.83 Å². The van der Waals surface area contributed by atoms with E-state index >= 15 is 0 Å². The lowest BCUT2D eigenvalue weighted by Gasteiger charge is -1.98. The van der Waals surface area contributed by atoms with E-state index in [9.17, 15) is 0 Å². The number of pyridine rings is 1. The van der Waals surface area contributed by atoms with E-state index in [4.69, 9.17) is 11.0 Å². The van der Waals surface area contributed by atoms with Gasteiger partial charge in [0, 0.05) is 28.6 Å². The third-order valence-corrected chi connectivity index (χ3v) is 4.92. The normalized spacial score (nSPS) is 12.6. The molecule has 0 radical (unpaired) electrons. The summed E-state index contributed by atoms with van der Waals surface area (Å²) in [5, 5.41) is 3.23. The van der Waals surface area contributed by atoms with Crippen molar-refractivity contribution in [1.29, 1.82) is 0 Å². The third kappa shape index (κ3) is 1.56. The number of rotatable bonds is 0. The van der Waals surface area contributed by atoms with Crippen molar-refractivity contribution < 1.29 is 9.10 Å². The number of hydrogen-bond donors (Lipinski definition) is 0. The van der Waals surface area contributed by atoms with E-state index in [-0.39, 0.29) is 0 Å². The highest BCUT2D eigenvalue weighted by Crippen LogP contribution is 2.34. The average molecular weight is 323 g/mol. The van der Waals surface area contributed by atoms with Gasteiger partial charge in [0.25, 0.3) is 0 Å². The van der Waals surface area contributed by atoms with Crippen LogP contribution >= 0.6 is 0 Å². The summed E-state index contributed by atoms with van der Waals surface area (Å²) in [5.74, 6) is 0. The predicted molar refractivity (Wildman–Crippen MR) is 93.9 cm³/mol. The number of aromatic nitrogens is 3. The van der Waals surface area contributed by atoms with Gasteiger partial charge in [0.2, 0.25) is 11.9 Å². The lowest BCUT2D eigenvalue weighted by Crippen LogP contribution is -2.36. The molecule has 0 saturated heterocycles. The van der Waals surface area contributed by atoms with Crippen LogP contribution < -0.4 is 4.68 Å². The number of nitrogens with zero attached hydrogens (tertiary/aromatic N) is 4. The van der Waals surface area contributed by atoms with Crippen LogP contribution in [0.3, 0.4) is 0 Å². The molecule has 0 saturated carbocycles. The number of fused-ring (bicyclic) bond motifs is 8. The molecule has 5 aromatic rings. The molecule has 0 atom stereocenters. The van der Waals surface area contributed by atoms with Crippen LogP contribution in [0.4, 0.5) is 5.69 Å². The van der Waals surface area contributed by atoms with Crippen molar-refractivity contribution in [1.82, 2.24) is 9.67 Å². The van der Waals surface area contributed by atoms with Gasteiger partial charge in [-0.2, -0.15) is 0 Å². The molecule has 0 N–H and O–H groups in total. The Balaban J connectivity index is 1.67. The van der Waals surface area contributed by atoms with E-state index in [0.29, 0.717) is 11.4 Å². The highest BCUT2D eigenvalue weighted by atomic mass is 16.3. The maximum atomic E-state index is 7.19. The highest BCUT2D eigenvalue weighted by Gasteiger charge is 2.29. The largest absolute Gasteiger partial charge is 0.438 e. The van der Waals surface area contributed by atoms with Gasteiger partial charge in [0.15, 0.2) is 12.2 Å². The highest BCUT2D eigenvalue weighted by molar-refractivity contribution is 6.04. The van der Waals surface area contributed by atoms with Crippen LogP contribution in [0.2, 0.25) is 0 Å². The topological polar surface area (TPSA) is 39.2 Å². The maximum absolute atomic E-state index is 7.19. The zero-order valence-corrected chi connectivity index (χ0v) is 13.1. The van der Waals surface area contributed by atoms with Crippen LogP contribution in [0.1, 0.15) is 5.56 Å². The first-order chi connectivity index (χ1) is 12.3. The van der Waals surface area contributed by atoms with Crippen molar-refractivity contribution in [2.24, 2.45) is 0 Å². The van der Waals surface area contributed by atoms with Crippen molar-refractivity contribution in [3.8, 4) is 5.69 Å². The molecule has 0 unspecified atom stereocenters. The first kappa shape index (κ1) is 12.7. The fraction of sp³-hybridized carbons (Fsp3) is 0.0500. The Bertz CT molecular complexity index is 1380. The van der Waals surface area contributed by atoms with Crippen LogP contribution in [0, 0.1) is 6.57 Å². The molecule has 1 aliphatic heterocycles. The van der Waals surface area contributed by atoms with E-state index in [1.165, 1.54) is 5.56 Å². The summed E-state index contributed by atoms with van der Waals surface area (Å²) in [7, 11) is 0. The first-order valence-electron chi connectivity index (χ1n) is 8.05. The summed E-state index contributed by atoms with van der Waals surface area (Å²) >= 11 is 0. The summed E-state index contributed by atoms with van der Waals surface area (Å²) in [5.41, 5.74) is 5.66. The summed E-state index contributed by atoms with van der Waals surface area (Å²) in [6.45, 7) is 8.00. The van der Waals surface area contributed by atoms with Gasteiger partial charge in [0.1, 0.15) is 16.8 Å². The van der Waals surface area contributed by atoms with Crippen molar-refractivity contribution in [3.63, 3.8) is 0 Å². The molecule has 3 aromatic heterocycles. The van der Waals surface area contributed by atoms with E-state index in [1.807, 2.05) is 30.3 Å². The number of benzene rings is 2. The minimum Gasteiger partial charge on any atom is -0.438 e. The molecule has 25 heavy (non-hydrogen) atoms. The van der Waals surface area contributed by atoms with E-state index in [0.717, 1.165) is 39.5 Å². The summed E-state index contributed by atoms with van der Waals surface area (Å²) in [6, 6.07) is 14.1. The molecule has 0 fully saturated rings. The van der Waals surface area contributed by atoms with Gasteiger partial charge < -0.3 is 4.42 Å². The summed E-state index contributed by atoms with van der Waals surface area (Å²) < 4.78 is 10.3. The lowest BCUT2D eigenvalue weighted by atomic mass is 10.1. The smallest absolute Gasteiger partial charge is 0.227 e. The Hall–Kier alpha value is -3.65. The van der Waals surface area contributed by atoms with E-state index in [1.54, 1.807) is 6.20 Å². The quantitative estimate of drug-likeness (QED) is 0.311. The Morgan fingerprint density at radius 2 is 2.12 bits per heavy atom. The molecule has 0 aliphatic carbocycles. The lowest BCUT2D eigenvalue weighted by molar-refractivity contribution is -0.749. The molecule has 116 valence electrons. The fourth-order valence-corrected chi connectivity index (χ4v) is 3.84. The van der Waals surface area contributed by atoms with Crippen molar-refractivity contribution in [2.75, 3.05) is 0 Å². The second kappa shape index (κ2) is 4.25. The molecule has 4 heterocycles. The minimum atomic E-state index is 0.663. The van der Waals surface area contributed by atoms with Crippen LogP contribution in [-0.4, -0.2) is 9.67 Å². The average Bonchev–Trinajstić information content (AvgIpc) is 3.27. The van der Waals surface area contributed by atoms with Gasteiger partial charge in [-0.05, 0) is 30.3 Å². The fourth-order valence-electron chi connectivity index (χ4n) is 3.84. The van der Waals surface area contributed by atoms with Gasteiger partial charge in [0.05, 0.1) is 12.0 Å². The molecule has 0 amide bonds. The van der Waals surface area contributed by atoms with Crippen molar-refractivity contribution in [3.05, 3.63) is 71.8 Å². The second-order valence-corrected chi connectivity index (χ2v) is 6.33. The van der Waals surface area contributed by atoms with Crippen molar-refractivity contribution >= 4 is 38.7 Å². The SMILES string of the molecule is [C-]#[N+]c1ccc2c(c1)c[n+]1n2-c2cc3oc4ncccc4c3cc2C1. The molecular weight excluding hydrogens is 312 g/mol. The molecule has 1 aliphatic rings. The first-order valence-corrected chi connectivity index (χ1v) is 8.05. The Kier molecular flexibility index (Phi) is 2.16. The van der Waals surface area contributed by atoms with Crippen LogP contribution in [0.15, 0.2) is 59.3 Å². The summed E-state index contributed by atoms with van der Waals surface area (Å²) in [6.07, 6.45) is 3.85. The number of hydrogen-bond acceptors (Lipinski definition) is 2. The number of furan rings is 1. The molecule has 0 spiro atoms. The Morgan fingerprint density at radius 1 is 1.16 bits per heavy atom. The molecule has 6 rings (SSSR count). The second-order valence-electron chi connectivity index (χ2n) is 6.33. The molecule has 2 aromatic carbocycles. The molecule has 0 bridgehead atoms. The molecule has 5 heteroatoms. The van der Waals surface area contributed by atoms with Gasteiger partial charge in [-0.1, -0.05) is 6.07 Å². The Labute approximate surface area is 142 Å². The Morgan fingerprint density at radius 3 is 3.04 bits per heavy atom. The molecular formula is C20H11N4O+. The summed E-state index contributed by atoms with van der Waals surface area (Å²) in [4.78, 5) is 7.84. The van der Waals surface area contributed by atoms with Gasteiger partial charge >= 0.3 is 0 Å². The zero-order chi connectivity index (χ0) is 16.5. The maximum Gasteiger partial charge on any atom is 0.227 e. The zero-order valence-electron chi connectivity index (χ0n) is 13.1. The predicted octanol–water partition coefficient (Wildman–Crippen LogP) is 4.12. The van der Waals surface area contributed by atoms with Gasteiger partial charge in [-0.3, -0.25) is 0 Å². The standard InChI is InChI=1S/C20H11N4O/c1-21-14-4-5-17-12(7-14)10-23-11-13-8-16-15-3-2-6-22-20(15)25-19(16)9-18(13)24(17)23/h2-10H,11H2/q+1. The van der Waals surface area contributed by atoms with Crippen LogP contribution in [-0.2, 0) is 6.54 Å². The van der Waals surface area contributed by atoms with Gasteiger partial charge in [-0.15, -0.1) is 9.36 Å². The monoisotopic (exact) mass is 323 g/mol. The van der Waals surface area contributed by atoms with Crippen molar-refractivity contribution in [2.45, 2.75) is 6.54 Å².